The van der Waals surface area contributed by atoms with E-state index >= 15 is 4.39 Å². The van der Waals surface area contributed by atoms with Gasteiger partial charge in [0, 0.05) is 33.6 Å². The molecule has 55 heavy (non-hydrogen) atoms. The van der Waals surface area contributed by atoms with Crippen molar-refractivity contribution in [3.63, 3.8) is 0 Å². The molecule has 0 saturated carbocycles. The van der Waals surface area contributed by atoms with Crippen molar-refractivity contribution in [1.29, 1.82) is 5.26 Å². The lowest BCUT2D eigenvalue weighted by Gasteiger charge is -2.32. The van der Waals surface area contributed by atoms with Gasteiger partial charge in [-0.25, -0.2) is 23.1 Å². The normalized spacial score (nSPS) is 12.7. The molecule has 0 bridgehead atoms. The van der Waals surface area contributed by atoms with E-state index in [9.17, 15) is 27.5 Å². The molecular formula is C37H36BrF5N6O5S. The van der Waals surface area contributed by atoms with Crippen molar-refractivity contribution in [3.8, 4) is 23.1 Å². The van der Waals surface area contributed by atoms with Crippen LogP contribution in [0.3, 0.4) is 0 Å². The van der Waals surface area contributed by atoms with Crippen molar-refractivity contribution in [2.75, 3.05) is 13.1 Å². The number of halogens is 6. The molecule has 3 aromatic carbocycles. The van der Waals surface area contributed by atoms with E-state index in [1.165, 1.54) is 22.1 Å². The summed E-state index contributed by atoms with van der Waals surface area (Å²) in [4.78, 5) is 25.8. The lowest BCUT2D eigenvalue weighted by Crippen LogP contribution is -3.00. The van der Waals surface area contributed by atoms with Gasteiger partial charge in [0.25, 0.3) is 6.33 Å². The summed E-state index contributed by atoms with van der Waals surface area (Å²) in [7, 11) is 0. The summed E-state index contributed by atoms with van der Waals surface area (Å²) in [5.41, 5.74) is 2.63. The molecule has 0 radical (unpaired) electrons. The van der Waals surface area contributed by atoms with Crippen LogP contribution < -0.4 is 31.6 Å². The lowest BCUT2D eigenvalue weighted by atomic mass is 9.82. The number of aliphatic carboxylic acids is 1. The Labute approximate surface area is 327 Å². The molecule has 2 aromatic heterocycles. The van der Waals surface area contributed by atoms with Gasteiger partial charge in [-0.15, -0.1) is 16.0 Å². The van der Waals surface area contributed by atoms with Crippen LogP contribution in [-0.4, -0.2) is 56.2 Å². The number of carbonyl (C=O) groups is 2. The highest BCUT2D eigenvalue weighted by Gasteiger charge is 2.43. The Morgan fingerprint density at radius 3 is 2.29 bits per heavy atom. The van der Waals surface area contributed by atoms with Crippen molar-refractivity contribution >= 4 is 23.3 Å². The van der Waals surface area contributed by atoms with Gasteiger partial charge in [-0.2, -0.15) is 18.4 Å². The number of nitriles is 1. The maximum atomic E-state index is 15.3. The minimum absolute atomic E-state index is 0. The van der Waals surface area contributed by atoms with Gasteiger partial charge in [0.15, 0.2) is 0 Å². The summed E-state index contributed by atoms with van der Waals surface area (Å²) in [5.74, 6) is -4.93. The Morgan fingerprint density at radius 2 is 1.73 bits per heavy atom. The molecule has 0 aliphatic carbocycles. The molecule has 2 atom stereocenters. The summed E-state index contributed by atoms with van der Waals surface area (Å²) in [6.07, 6.45) is -1.77. The maximum absolute atomic E-state index is 15.3. The molecule has 0 spiro atoms. The molecule has 2 heterocycles. The van der Waals surface area contributed by atoms with Crippen LogP contribution in [0.25, 0.3) is 11.3 Å². The first-order valence-corrected chi connectivity index (χ1v) is 17.2. The van der Waals surface area contributed by atoms with Crippen LogP contribution in [0.4, 0.5) is 22.0 Å². The van der Waals surface area contributed by atoms with Gasteiger partial charge < -0.3 is 37.2 Å². The number of aliphatic hydroxyl groups is 1. The predicted molar refractivity (Wildman–Crippen MR) is 186 cm³/mol. The van der Waals surface area contributed by atoms with Crippen molar-refractivity contribution in [3.05, 3.63) is 117 Å². The van der Waals surface area contributed by atoms with Crippen LogP contribution in [0.15, 0.2) is 72.6 Å². The molecular weight excluding hydrogens is 815 g/mol. The van der Waals surface area contributed by atoms with Gasteiger partial charge in [0.05, 0.1) is 35.4 Å². The number of nitrogens with one attached hydrogen (secondary N) is 1. The smallest absolute Gasteiger partial charge is 0.490 e. The number of likely N-dealkylation sites (N-methyl/N-ethyl adjacent to an activating group) is 1. The molecule has 0 aliphatic heterocycles. The topological polar surface area (TPSA) is 154 Å². The van der Waals surface area contributed by atoms with Crippen LogP contribution in [0.5, 0.6) is 5.75 Å². The number of aromatic nitrogens is 4. The number of aryl methyl sites for hydroxylation is 2. The van der Waals surface area contributed by atoms with E-state index < -0.39 is 35.3 Å². The number of ether oxygens (including phenoxy) is 1. The Bertz CT molecular complexity index is 2130. The zero-order chi connectivity index (χ0) is 39.8. The number of esters is 1. The first-order valence-electron chi connectivity index (χ1n) is 16.3. The number of alkyl halides is 3. The molecule has 2 unspecified atom stereocenters. The molecule has 0 amide bonds. The van der Waals surface area contributed by atoms with Crippen molar-refractivity contribution in [1.82, 2.24) is 20.1 Å². The standard InChI is InChI=1S/C35H35F2N6O3S.C2HF3O2.BrH/c1-5-39-16-32(44)46-33-22(2)12-26(13-23(33)3)17-42-20-40-43(21-42)19-35(45,29-11-10-28(36)14-30(29)37)24(4)34-41-31(18-47-34)27-8-6-25(15-38)7-9-27;3-2(4,5)1(6)7;/h6-14,18,20-21,24,39,45H,5,16-17,19H2,1-4H3;(H,6,7);1H/q+1;;/p-1. The molecule has 292 valence electrons. The number of thiazole rings is 1. The number of benzene rings is 3. The number of carbonyl (C=O) groups excluding carboxylic acids is 1. The van der Waals surface area contributed by atoms with E-state index in [1.807, 2.05) is 42.9 Å². The van der Waals surface area contributed by atoms with Gasteiger partial charge in [0.1, 0.15) is 29.5 Å². The third kappa shape index (κ3) is 11.5. The summed E-state index contributed by atoms with van der Waals surface area (Å²) in [5, 5.41) is 38.3. The van der Waals surface area contributed by atoms with Crippen LogP contribution in [-0.2, 0) is 28.3 Å². The highest BCUT2D eigenvalue weighted by molar-refractivity contribution is 7.10. The quantitative estimate of drug-likeness (QED) is 0.0745. The van der Waals surface area contributed by atoms with Crippen LogP contribution >= 0.6 is 11.3 Å². The second kappa shape index (κ2) is 19.0. The highest BCUT2D eigenvalue weighted by atomic mass is 79.9. The summed E-state index contributed by atoms with van der Waals surface area (Å²) in [6, 6.07) is 16.1. The van der Waals surface area contributed by atoms with E-state index in [0.29, 0.717) is 35.1 Å². The second-order valence-electron chi connectivity index (χ2n) is 12.3. The summed E-state index contributed by atoms with van der Waals surface area (Å²) >= 11 is 1.32. The van der Waals surface area contributed by atoms with Gasteiger partial charge in [-0.05, 0) is 67.4 Å². The summed E-state index contributed by atoms with van der Waals surface area (Å²) < 4.78 is 69.9. The van der Waals surface area contributed by atoms with E-state index in [0.717, 1.165) is 34.4 Å². The van der Waals surface area contributed by atoms with E-state index in [-0.39, 0.29) is 41.6 Å². The number of nitrogens with zero attached hydrogens (tertiary/aromatic N) is 5. The molecule has 18 heteroatoms. The van der Waals surface area contributed by atoms with Crippen molar-refractivity contribution < 1.29 is 68.0 Å². The zero-order valence-electron chi connectivity index (χ0n) is 29.9. The molecule has 0 saturated heterocycles. The Balaban J connectivity index is 0.000000926. The average molecular weight is 852 g/mol. The van der Waals surface area contributed by atoms with E-state index in [2.05, 4.69) is 16.5 Å². The first kappa shape index (κ1) is 44.3. The van der Waals surface area contributed by atoms with Gasteiger partial charge in [-0.3, -0.25) is 4.79 Å². The number of rotatable bonds is 12. The first-order chi connectivity index (χ1) is 25.4. The Hall–Kier alpha value is -5.09. The minimum Gasteiger partial charge on any atom is -1.00 e. The van der Waals surface area contributed by atoms with Crippen molar-refractivity contribution in [2.24, 2.45) is 0 Å². The monoisotopic (exact) mass is 850 g/mol. The number of carboxylic acids is 1. The summed E-state index contributed by atoms with van der Waals surface area (Å²) in [6.45, 7) is 8.50. The lowest BCUT2D eigenvalue weighted by molar-refractivity contribution is -0.689. The fourth-order valence-electron chi connectivity index (χ4n) is 5.49. The van der Waals surface area contributed by atoms with E-state index in [1.54, 1.807) is 43.8 Å². The number of carboxylic acid groups (broad SMARTS) is 1. The Morgan fingerprint density at radius 1 is 1.09 bits per heavy atom. The molecule has 3 N–H and O–H groups in total. The molecule has 11 nitrogen and oxygen atoms in total. The van der Waals surface area contributed by atoms with Crippen molar-refractivity contribution in [2.45, 2.75) is 58.5 Å². The van der Waals surface area contributed by atoms with Gasteiger partial charge in [-0.1, -0.05) is 32.0 Å². The molecule has 5 rings (SSSR count). The average Bonchev–Trinajstić information content (AvgIpc) is 3.78. The molecule has 5 aromatic rings. The predicted octanol–water partition coefficient (Wildman–Crippen LogP) is 2.95. The van der Waals surface area contributed by atoms with Crippen LogP contribution in [0.1, 0.15) is 52.6 Å². The van der Waals surface area contributed by atoms with Crippen LogP contribution in [0, 0.1) is 36.8 Å². The largest absolute Gasteiger partial charge is 1.00 e. The maximum Gasteiger partial charge on any atom is 0.490 e. The van der Waals surface area contributed by atoms with Gasteiger partial charge in [0.2, 0.25) is 6.33 Å². The third-order valence-corrected chi connectivity index (χ3v) is 9.24. The van der Waals surface area contributed by atoms with E-state index in [4.69, 9.17) is 24.9 Å². The number of hydrogen-bond donors (Lipinski definition) is 3. The fourth-order valence-corrected chi connectivity index (χ4v) is 6.46. The second-order valence-corrected chi connectivity index (χ2v) is 13.2. The third-order valence-electron chi connectivity index (χ3n) is 8.21. The fraction of sp³-hybridized carbons (Fsp3) is 0.297. The SMILES string of the molecule is CCNCC(=O)Oc1c(C)cc(C[n+]2cnn(CC(O)(c3ccc(F)cc3F)C(C)c3nc(-c4ccc(C#N)cc4)cs3)c2)cc1C.O=C(O)C(F)(F)F.[Br-]. The number of hydrogen-bond acceptors (Lipinski definition) is 9. The minimum atomic E-state index is -5.08. The van der Waals surface area contributed by atoms with Crippen LogP contribution in [0.2, 0.25) is 0 Å². The Kier molecular flexibility index (Phi) is 15.3. The molecule has 0 fully saturated rings. The zero-order valence-corrected chi connectivity index (χ0v) is 32.3. The molecule has 0 aliphatic rings. The van der Waals surface area contributed by atoms with Gasteiger partial charge >= 0.3 is 18.1 Å². The highest BCUT2D eigenvalue weighted by Crippen LogP contribution is 2.41.